The SMILES string of the molecule is NS(=O)(=O)c1ccc(NC(=S)NC(=O)c2cc(Cl)cc(Cl)c2)cc1. The van der Waals surface area contributed by atoms with Gasteiger partial charge in [0.15, 0.2) is 5.11 Å². The molecule has 1 amide bonds. The first-order valence-electron chi connectivity index (χ1n) is 6.36. The van der Waals surface area contributed by atoms with Gasteiger partial charge in [0.25, 0.3) is 5.91 Å². The number of nitrogens with two attached hydrogens (primary N) is 1. The average molecular weight is 404 g/mol. The van der Waals surface area contributed by atoms with Crippen molar-refractivity contribution in [2.45, 2.75) is 4.90 Å². The van der Waals surface area contributed by atoms with E-state index in [2.05, 4.69) is 10.6 Å². The van der Waals surface area contributed by atoms with Crippen LogP contribution in [0.1, 0.15) is 10.4 Å². The second kappa shape index (κ2) is 7.45. The summed E-state index contributed by atoms with van der Waals surface area (Å²) in [5, 5.41) is 10.9. The van der Waals surface area contributed by atoms with E-state index in [1.807, 2.05) is 0 Å². The zero-order chi connectivity index (χ0) is 17.9. The van der Waals surface area contributed by atoms with E-state index in [0.29, 0.717) is 15.7 Å². The van der Waals surface area contributed by atoms with Gasteiger partial charge in [-0.05, 0) is 54.7 Å². The zero-order valence-corrected chi connectivity index (χ0v) is 15.1. The smallest absolute Gasteiger partial charge is 0.257 e. The molecular formula is C14H11Cl2N3O3S2. The fourth-order valence-electron chi connectivity index (χ4n) is 1.75. The maximum atomic E-state index is 12.1. The van der Waals surface area contributed by atoms with Crippen LogP contribution >= 0.6 is 35.4 Å². The molecule has 0 aliphatic rings. The molecule has 24 heavy (non-hydrogen) atoms. The molecule has 0 radical (unpaired) electrons. The highest BCUT2D eigenvalue weighted by molar-refractivity contribution is 7.89. The molecule has 0 atom stereocenters. The van der Waals surface area contributed by atoms with Gasteiger partial charge in [-0.3, -0.25) is 10.1 Å². The van der Waals surface area contributed by atoms with E-state index < -0.39 is 15.9 Å². The molecule has 0 saturated heterocycles. The van der Waals surface area contributed by atoms with Crippen LogP contribution in [0.2, 0.25) is 10.0 Å². The molecule has 0 aliphatic heterocycles. The van der Waals surface area contributed by atoms with Gasteiger partial charge in [0.05, 0.1) is 4.90 Å². The van der Waals surface area contributed by atoms with Crippen LogP contribution in [0.4, 0.5) is 5.69 Å². The maximum absolute atomic E-state index is 12.1. The van der Waals surface area contributed by atoms with Gasteiger partial charge in [-0.1, -0.05) is 23.2 Å². The van der Waals surface area contributed by atoms with Gasteiger partial charge in [0.1, 0.15) is 0 Å². The summed E-state index contributed by atoms with van der Waals surface area (Å²) < 4.78 is 22.4. The molecule has 10 heteroatoms. The van der Waals surface area contributed by atoms with Gasteiger partial charge in [-0.2, -0.15) is 0 Å². The lowest BCUT2D eigenvalue weighted by atomic mass is 10.2. The van der Waals surface area contributed by atoms with Crippen molar-refractivity contribution >= 4 is 62.2 Å². The van der Waals surface area contributed by atoms with E-state index in [9.17, 15) is 13.2 Å². The molecule has 0 saturated carbocycles. The largest absolute Gasteiger partial charge is 0.332 e. The first kappa shape index (κ1) is 18.6. The summed E-state index contributed by atoms with van der Waals surface area (Å²) >= 11 is 16.7. The zero-order valence-electron chi connectivity index (χ0n) is 11.9. The van der Waals surface area contributed by atoms with E-state index in [-0.39, 0.29) is 15.6 Å². The van der Waals surface area contributed by atoms with Crippen LogP contribution in [0.3, 0.4) is 0 Å². The molecule has 0 heterocycles. The fraction of sp³-hybridized carbons (Fsp3) is 0. The second-order valence-electron chi connectivity index (χ2n) is 4.64. The number of sulfonamides is 1. The number of benzene rings is 2. The van der Waals surface area contributed by atoms with Crippen LogP contribution in [0.25, 0.3) is 0 Å². The monoisotopic (exact) mass is 403 g/mol. The Hall–Kier alpha value is -1.71. The standard InChI is InChI=1S/C14H11Cl2N3O3S2/c15-9-5-8(6-10(16)7-9)13(20)19-14(23)18-11-1-3-12(4-2-11)24(17,21)22/h1-7H,(H2,17,21,22)(H2,18,19,20,23). The quantitative estimate of drug-likeness (QED) is 0.683. The molecule has 0 spiro atoms. The number of hydrogen-bond donors (Lipinski definition) is 3. The van der Waals surface area contributed by atoms with Gasteiger partial charge >= 0.3 is 0 Å². The molecular weight excluding hydrogens is 393 g/mol. The highest BCUT2D eigenvalue weighted by Gasteiger charge is 2.11. The number of nitrogens with one attached hydrogen (secondary N) is 2. The predicted octanol–water partition coefficient (Wildman–Crippen LogP) is 2.77. The third-order valence-electron chi connectivity index (χ3n) is 2.79. The van der Waals surface area contributed by atoms with E-state index in [4.69, 9.17) is 40.6 Å². The van der Waals surface area contributed by atoms with Crippen molar-refractivity contribution in [3.8, 4) is 0 Å². The Morgan fingerprint density at radius 2 is 1.58 bits per heavy atom. The normalized spacial score (nSPS) is 11.0. The molecule has 6 nitrogen and oxygen atoms in total. The highest BCUT2D eigenvalue weighted by Crippen LogP contribution is 2.19. The number of halogens is 2. The molecule has 2 rings (SSSR count). The molecule has 2 aromatic rings. The lowest BCUT2D eigenvalue weighted by molar-refractivity contribution is 0.0977. The van der Waals surface area contributed by atoms with E-state index in [1.54, 1.807) is 0 Å². The van der Waals surface area contributed by atoms with Crippen LogP contribution in [0.5, 0.6) is 0 Å². The second-order valence-corrected chi connectivity index (χ2v) is 7.48. The van der Waals surface area contributed by atoms with E-state index in [0.717, 1.165) is 0 Å². The molecule has 0 fully saturated rings. The fourth-order valence-corrected chi connectivity index (χ4v) is 3.00. The van der Waals surface area contributed by atoms with Gasteiger partial charge in [-0.25, -0.2) is 13.6 Å². The first-order valence-corrected chi connectivity index (χ1v) is 9.07. The van der Waals surface area contributed by atoms with E-state index >= 15 is 0 Å². The summed E-state index contributed by atoms with van der Waals surface area (Å²) in [5.74, 6) is -0.488. The van der Waals surface area contributed by atoms with Crippen molar-refractivity contribution < 1.29 is 13.2 Å². The summed E-state index contributed by atoms with van der Waals surface area (Å²) in [4.78, 5) is 12.1. The summed E-state index contributed by atoms with van der Waals surface area (Å²) in [7, 11) is -3.77. The number of primary sulfonamides is 1. The molecule has 0 bridgehead atoms. The maximum Gasteiger partial charge on any atom is 0.257 e. The summed E-state index contributed by atoms with van der Waals surface area (Å²) in [6.45, 7) is 0. The highest BCUT2D eigenvalue weighted by atomic mass is 35.5. The first-order chi connectivity index (χ1) is 11.1. The Morgan fingerprint density at radius 1 is 1.04 bits per heavy atom. The Morgan fingerprint density at radius 3 is 2.08 bits per heavy atom. The Balaban J connectivity index is 2.04. The number of carbonyl (C=O) groups is 1. The van der Waals surface area contributed by atoms with Crippen molar-refractivity contribution in [3.63, 3.8) is 0 Å². The summed E-state index contributed by atoms with van der Waals surface area (Å²) in [6, 6.07) is 9.97. The van der Waals surface area contributed by atoms with E-state index in [1.165, 1.54) is 42.5 Å². The van der Waals surface area contributed by atoms with Crippen LogP contribution < -0.4 is 15.8 Å². The summed E-state index contributed by atoms with van der Waals surface area (Å²) in [5.41, 5.74) is 0.734. The van der Waals surface area contributed by atoms with Gasteiger partial charge < -0.3 is 5.32 Å². The number of thiocarbonyl (C=S) groups is 1. The number of amides is 1. The molecule has 126 valence electrons. The number of anilines is 1. The van der Waals surface area contributed by atoms with Crippen molar-refractivity contribution in [2.24, 2.45) is 5.14 Å². The molecule has 4 N–H and O–H groups in total. The van der Waals surface area contributed by atoms with Crippen LogP contribution in [-0.2, 0) is 10.0 Å². The lowest BCUT2D eigenvalue weighted by Gasteiger charge is -2.10. The van der Waals surface area contributed by atoms with Crippen LogP contribution in [0.15, 0.2) is 47.4 Å². The minimum Gasteiger partial charge on any atom is -0.332 e. The van der Waals surface area contributed by atoms with Crippen molar-refractivity contribution in [3.05, 3.63) is 58.1 Å². The molecule has 0 aromatic heterocycles. The molecule has 0 unspecified atom stereocenters. The van der Waals surface area contributed by atoms with Crippen molar-refractivity contribution in [1.82, 2.24) is 5.32 Å². The van der Waals surface area contributed by atoms with Crippen molar-refractivity contribution in [2.75, 3.05) is 5.32 Å². The third kappa shape index (κ3) is 5.15. The number of rotatable bonds is 3. The molecule has 0 aliphatic carbocycles. The Labute approximate surface area is 154 Å². The predicted molar refractivity (Wildman–Crippen MR) is 98.0 cm³/mol. The minimum absolute atomic E-state index is 0.0273. The van der Waals surface area contributed by atoms with Gasteiger partial charge in [-0.15, -0.1) is 0 Å². The topological polar surface area (TPSA) is 101 Å². The van der Waals surface area contributed by atoms with Gasteiger partial charge in [0, 0.05) is 21.3 Å². The molecule has 2 aromatic carbocycles. The van der Waals surface area contributed by atoms with Crippen LogP contribution in [0, 0.1) is 0 Å². The minimum atomic E-state index is -3.77. The third-order valence-corrected chi connectivity index (χ3v) is 4.36. The lowest BCUT2D eigenvalue weighted by Crippen LogP contribution is -2.34. The number of carbonyl (C=O) groups excluding carboxylic acids is 1. The van der Waals surface area contributed by atoms with Crippen molar-refractivity contribution in [1.29, 1.82) is 0 Å². The van der Waals surface area contributed by atoms with Gasteiger partial charge in [0.2, 0.25) is 10.0 Å². The average Bonchev–Trinajstić information content (AvgIpc) is 2.45. The Kier molecular flexibility index (Phi) is 5.79. The van der Waals surface area contributed by atoms with Crippen LogP contribution in [-0.4, -0.2) is 19.4 Å². The number of hydrogen-bond acceptors (Lipinski definition) is 4. The summed E-state index contributed by atoms with van der Waals surface area (Å²) in [6.07, 6.45) is 0. The Bertz CT molecular complexity index is 880.